The van der Waals surface area contributed by atoms with Crippen LogP contribution in [0.4, 0.5) is 5.69 Å². The summed E-state index contributed by atoms with van der Waals surface area (Å²) in [7, 11) is 0. The van der Waals surface area contributed by atoms with Crippen LogP contribution in [-0.2, 0) is 0 Å². The molecule has 1 aromatic carbocycles. The number of nitrogens with zero attached hydrogens (tertiary/aromatic N) is 1. The van der Waals surface area contributed by atoms with E-state index in [9.17, 15) is 0 Å². The quantitative estimate of drug-likeness (QED) is 0.901. The predicted molar refractivity (Wildman–Crippen MR) is 82.5 cm³/mol. The third kappa shape index (κ3) is 2.81. The molecule has 0 bridgehead atoms. The highest BCUT2D eigenvalue weighted by molar-refractivity contribution is 9.10. The van der Waals surface area contributed by atoms with Crippen molar-refractivity contribution in [2.24, 2.45) is 0 Å². The first-order valence-electron chi connectivity index (χ1n) is 6.66. The van der Waals surface area contributed by atoms with Crippen LogP contribution < -0.4 is 5.32 Å². The molecular formula is C16H17BrN2. The first-order chi connectivity index (χ1) is 9.22. The fourth-order valence-corrected chi connectivity index (χ4v) is 3.19. The normalized spacial score (nSPS) is 21.8. The van der Waals surface area contributed by atoms with E-state index in [1.165, 1.54) is 22.9 Å². The predicted octanol–water partition coefficient (Wildman–Crippen LogP) is 4.51. The van der Waals surface area contributed by atoms with E-state index in [4.69, 9.17) is 0 Å². The van der Waals surface area contributed by atoms with Gasteiger partial charge in [-0.25, -0.2) is 0 Å². The number of hydrogen-bond donors (Lipinski definition) is 1. The highest BCUT2D eigenvalue weighted by Crippen LogP contribution is 2.41. The molecule has 98 valence electrons. The molecule has 0 spiro atoms. The lowest BCUT2D eigenvalue weighted by Crippen LogP contribution is -2.34. The lowest BCUT2D eigenvalue weighted by molar-refractivity contribution is 0.373. The molecule has 0 atom stereocenters. The summed E-state index contributed by atoms with van der Waals surface area (Å²) in [6, 6.07) is 13.3. The molecule has 1 aliphatic carbocycles. The summed E-state index contributed by atoms with van der Waals surface area (Å²) < 4.78 is 1.23. The SMILES string of the molecule is Cc1ccc(NC2CC(c3ccccc3Br)C2)cn1. The molecule has 2 nitrogen and oxygen atoms in total. The molecule has 2 aromatic rings. The van der Waals surface area contributed by atoms with Gasteiger partial charge in [0.1, 0.15) is 0 Å². The minimum Gasteiger partial charge on any atom is -0.381 e. The fourth-order valence-electron chi connectivity index (χ4n) is 2.58. The molecule has 1 fully saturated rings. The summed E-state index contributed by atoms with van der Waals surface area (Å²) in [5, 5.41) is 3.55. The Morgan fingerprint density at radius 3 is 2.63 bits per heavy atom. The number of aromatic nitrogens is 1. The summed E-state index contributed by atoms with van der Waals surface area (Å²) in [5.41, 5.74) is 3.62. The largest absolute Gasteiger partial charge is 0.381 e. The molecule has 3 heteroatoms. The third-order valence-corrected chi connectivity index (χ3v) is 4.49. The van der Waals surface area contributed by atoms with Crippen molar-refractivity contribution in [1.82, 2.24) is 4.98 Å². The van der Waals surface area contributed by atoms with Crippen LogP contribution in [-0.4, -0.2) is 11.0 Å². The maximum Gasteiger partial charge on any atom is 0.0529 e. The Morgan fingerprint density at radius 1 is 1.16 bits per heavy atom. The number of nitrogens with one attached hydrogen (secondary N) is 1. The van der Waals surface area contributed by atoms with Crippen molar-refractivity contribution in [1.29, 1.82) is 0 Å². The Labute approximate surface area is 122 Å². The molecule has 0 amide bonds. The highest BCUT2D eigenvalue weighted by atomic mass is 79.9. The van der Waals surface area contributed by atoms with Gasteiger partial charge in [0, 0.05) is 16.2 Å². The highest BCUT2D eigenvalue weighted by Gasteiger charge is 2.31. The number of pyridine rings is 1. The van der Waals surface area contributed by atoms with Gasteiger partial charge in [0.15, 0.2) is 0 Å². The third-order valence-electron chi connectivity index (χ3n) is 3.77. The standard InChI is InChI=1S/C16H17BrN2/c1-11-6-7-13(10-18-11)19-14-8-12(9-14)15-4-2-3-5-16(15)17/h2-7,10,12,14,19H,8-9H2,1H3. The molecule has 19 heavy (non-hydrogen) atoms. The fraction of sp³-hybridized carbons (Fsp3) is 0.312. The van der Waals surface area contributed by atoms with Crippen LogP contribution in [0.25, 0.3) is 0 Å². The molecule has 0 aliphatic heterocycles. The zero-order valence-electron chi connectivity index (χ0n) is 10.9. The molecule has 1 aromatic heterocycles. The Bertz CT molecular complexity index is 559. The van der Waals surface area contributed by atoms with Gasteiger partial charge in [0.25, 0.3) is 0 Å². The summed E-state index contributed by atoms with van der Waals surface area (Å²) in [5.74, 6) is 0.673. The van der Waals surface area contributed by atoms with Crippen LogP contribution in [0.1, 0.15) is 30.0 Å². The van der Waals surface area contributed by atoms with Gasteiger partial charge in [0.05, 0.1) is 11.9 Å². The van der Waals surface area contributed by atoms with E-state index in [1.54, 1.807) is 0 Å². The second-order valence-electron chi connectivity index (χ2n) is 5.22. The summed E-state index contributed by atoms with van der Waals surface area (Å²) in [4.78, 5) is 4.31. The maximum atomic E-state index is 4.31. The average molecular weight is 317 g/mol. The lowest BCUT2D eigenvalue weighted by atomic mass is 9.76. The van der Waals surface area contributed by atoms with Crippen molar-refractivity contribution < 1.29 is 0 Å². The van der Waals surface area contributed by atoms with Crippen LogP contribution in [0.5, 0.6) is 0 Å². The van der Waals surface area contributed by atoms with Crippen LogP contribution in [0, 0.1) is 6.92 Å². The van der Waals surface area contributed by atoms with Gasteiger partial charge in [0.2, 0.25) is 0 Å². The van der Waals surface area contributed by atoms with E-state index in [0.717, 1.165) is 11.4 Å². The van der Waals surface area contributed by atoms with Gasteiger partial charge in [-0.1, -0.05) is 34.1 Å². The Hall–Kier alpha value is -1.35. The van der Waals surface area contributed by atoms with Crippen molar-refractivity contribution >= 4 is 21.6 Å². The molecule has 1 heterocycles. The van der Waals surface area contributed by atoms with Gasteiger partial charge in [-0.3, -0.25) is 4.98 Å². The zero-order valence-corrected chi connectivity index (χ0v) is 12.5. The summed E-state index contributed by atoms with van der Waals surface area (Å²) >= 11 is 3.64. The molecule has 1 saturated carbocycles. The van der Waals surface area contributed by atoms with Crippen molar-refractivity contribution in [3.8, 4) is 0 Å². The Morgan fingerprint density at radius 2 is 1.95 bits per heavy atom. The topological polar surface area (TPSA) is 24.9 Å². The van der Waals surface area contributed by atoms with Gasteiger partial charge in [-0.15, -0.1) is 0 Å². The Balaban J connectivity index is 1.58. The minimum absolute atomic E-state index is 0.571. The molecule has 3 rings (SSSR count). The summed E-state index contributed by atoms with van der Waals surface area (Å²) in [6.07, 6.45) is 4.30. The Kier molecular flexibility index (Phi) is 3.56. The van der Waals surface area contributed by atoms with Crippen LogP contribution in [0.2, 0.25) is 0 Å². The maximum absolute atomic E-state index is 4.31. The van der Waals surface area contributed by atoms with Gasteiger partial charge < -0.3 is 5.32 Å². The van der Waals surface area contributed by atoms with Crippen molar-refractivity contribution in [2.45, 2.75) is 31.7 Å². The lowest BCUT2D eigenvalue weighted by Gasteiger charge is -2.37. The van der Waals surface area contributed by atoms with E-state index < -0.39 is 0 Å². The molecule has 0 radical (unpaired) electrons. The zero-order chi connectivity index (χ0) is 13.2. The van der Waals surface area contributed by atoms with E-state index in [2.05, 4.69) is 56.6 Å². The van der Waals surface area contributed by atoms with Gasteiger partial charge in [-0.2, -0.15) is 0 Å². The van der Waals surface area contributed by atoms with Crippen molar-refractivity contribution in [2.75, 3.05) is 5.32 Å². The second kappa shape index (κ2) is 5.33. The van der Waals surface area contributed by atoms with Crippen LogP contribution in [0.15, 0.2) is 47.1 Å². The smallest absolute Gasteiger partial charge is 0.0529 e. The first-order valence-corrected chi connectivity index (χ1v) is 7.45. The minimum atomic E-state index is 0.571. The number of benzene rings is 1. The molecular weight excluding hydrogens is 300 g/mol. The molecule has 1 N–H and O–H groups in total. The van der Waals surface area contributed by atoms with Gasteiger partial charge >= 0.3 is 0 Å². The number of aryl methyl sites for hydroxylation is 1. The van der Waals surface area contributed by atoms with Crippen molar-refractivity contribution in [3.63, 3.8) is 0 Å². The molecule has 1 aliphatic rings. The van der Waals surface area contributed by atoms with Crippen molar-refractivity contribution in [3.05, 3.63) is 58.3 Å². The van der Waals surface area contributed by atoms with E-state index >= 15 is 0 Å². The summed E-state index contributed by atoms with van der Waals surface area (Å²) in [6.45, 7) is 2.01. The van der Waals surface area contributed by atoms with E-state index in [1.807, 2.05) is 19.2 Å². The first kappa shape index (κ1) is 12.7. The van der Waals surface area contributed by atoms with Crippen LogP contribution >= 0.6 is 15.9 Å². The monoisotopic (exact) mass is 316 g/mol. The number of hydrogen-bond acceptors (Lipinski definition) is 2. The molecule has 0 unspecified atom stereocenters. The van der Waals surface area contributed by atoms with Crippen LogP contribution in [0.3, 0.4) is 0 Å². The van der Waals surface area contributed by atoms with E-state index in [-0.39, 0.29) is 0 Å². The van der Waals surface area contributed by atoms with E-state index in [0.29, 0.717) is 12.0 Å². The molecule has 0 saturated heterocycles. The second-order valence-corrected chi connectivity index (χ2v) is 6.07. The van der Waals surface area contributed by atoms with Gasteiger partial charge in [-0.05, 0) is 49.4 Å². The number of halogens is 1. The average Bonchev–Trinajstić information content (AvgIpc) is 2.37. The number of rotatable bonds is 3. The number of anilines is 1.